The number of rotatable bonds is 6. The van der Waals surface area contributed by atoms with Crippen LogP contribution in [0.4, 0.5) is 0 Å². The normalized spacial score (nSPS) is 21.6. The lowest BCUT2D eigenvalue weighted by atomic mass is 10.1. The lowest BCUT2D eigenvalue weighted by Gasteiger charge is -2.15. The van der Waals surface area contributed by atoms with Gasteiger partial charge in [-0.05, 0) is 51.2 Å². The number of hydrogen-bond donors (Lipinski definition) is 2. The molecule has 118 valence electrons. The summed E-state index contributed by atoms with van der Waals surface area (Å²) in [7, 11) is -1.41. The van der Waals surface area contributed by atoms with Crippen LogP contribution in [0.2, 0.25) is 0 Å². The van der Waals surface area contributed by atoms with Crippen molar-refractivity contribution in [2.45, 2.75) is 37.2 Å². The second-order valence-electron chi connectivity index (χ2n) is 5.72. The molecule has 21 heavy (non-hydrogen) atoms. The van der Waals surface area contributed by atoms with E-state index in [2.05, 4.69) is 28.8 Å². The Labute approximate surface area is 127 Å². The second-order valence-corrected chi connectivity index (χ2v) is 7.43. The van der Waals surface area contributed by atoms with Gasteiger partial charge in [0.05, 0.1) is 4.90 Å². The van der Waals surface area contributed by atoms with Crippen LogP contribution in [-0.2, 0) is 10.0 Å². The molecule has 0 aliphatic carbocycles. The maximum atomic E-state index is 12.4. The summed E-state index contributed by atoms with van der Waals surface area (Å²) in [6, 6.07) is 7.36. The predicted molar refractivity (Wildman–Crippen MR) is 84.8 cm³/mol. The van der Waals surface area contributed by atoms with Gasteiger partial charge in [0.15, 0.2) is 0 Å². The van der Waals surface area contributed by atoms with Gasteiger partial charge in [0, 0.05) is 18.6 Å². The first kappa shape index (κ1) is 16.4. The van der Waals surface area contributed by atoms with Crippen molar-refractivity contribution in [3.8, 4) is 0 Å². The highest BCUT2D eigenvalue weighted by Crippen LogP contribution is 2.17. The third-order valence-corrected chi connectivity index (χ3v) is 5.45. The number of nitrogens with one attached hydrogen (secondary N) is 2. The standard InChI is InChI=1S/C15H25N3O2S/c1-4-16-12(2)13-5-7-15(8-6-13)21(19,20)17-14-9-10-18(3)11-14/h5-8,12,14,16-17H,4,9-11H2,1-3H3. The van der Waals surface area contributed by atoms with Crippen LogP contribution in [0.25, 0.3) is 0 Å². The van der Waals surface area contributed by atoms with Crippen molar-refractivity contribution in [2.24, 2.45) is 0 Å². The van der Waals surface area contributed by atoms with E-state index in [1.165, 1.54) is 0 Å². The fourth-order valence-electron chi connectivity index (χ4n) is 2.68. The van der Waals surface area contributed by atoms with E-state index in [0.29, 0.717) is 4.90 Å². The number of likely N-dealkylation sites (tertiary alicyclic amines) is 1. The number of nitrogens with zero attached hydrogens (tertiary/aromatic N) is 1. The maximum absolute atomic E-state index is 12.4. The molecule has 0 spiro atoms. The molecule has 0 bridgehead atoms. The quantitative estimate of drug-likeness (QED) is 0.832. The molecule has 1 aromatic carbocycles. The van der Waals surface area contributed by atoms with Gasteiger partial charge in [-0.25, -0.2) is 13.1 Å². The summed E-state index contributed by atoms with van der Waals surface area (Å²) in [6.07, 6.45) is 0.866. The molecule has 1 aliphatic heterocycles. The van der Waals surface area contributed by atoms with Crippen LogP contribution < -0.4 is 10.0 Å². The molecule has 2 atom stereocenters. The Hall–Kier alpha value is -0.950. The molecule has 0 amide bonds. The van der Waals surface area contributed by atoms with Gasteiger partial charge in [0.1, 0.15) is 0 Å². The highest BCUT2D eigenvalue weighted by Gasteiger charge is 2.25. The third-order valence-electron chi connectivity index (χ3n) is 3.91. The molecule has 0 saturated carbocycles. The lowest BCUT2D eigenvalue weighted by molar-refractivity contribution is 0.407. The minimum Gasteiger partial charge on any atom is -0.310 e. The molecule has 0 aromatic heterocycles. The zero-order valence-corrected chi connectivity index (χ0v) is 13.8. The summed E-state index contributed by atoms with van der Waals surface area (Å²) in [4.78, 5) is 2.47. The van der Waals surface area contributed by atoms with E-state index < -0.39 is 10.0 Å². The zero-order valence-electron chi connectivity index (χ0n) is 13.0. The Morgan fingerprint density at radius 1 is 1.33 bits per heavy atom. The van der Waals surface area contributed by atoms with Crippen LogP contribution in [0.3, 0.4) is 0 Å². The van der Waals surface area contributed by atoms with Gasteiger partial charge in [-0.15, -0.1) is 0 Å². The number of sulfonamides is 1. The van der Waals surface area contributed by atoms with Gasteiger partial charge >= 0.3 is 0 Å². The van der Waals surface area contributed by atoms with E-state index in [0.717, 1.165) is 31.6 Å². The van der Waals surface area contributed by atoms with E-state index in [-0.39, 0.29) is 12.1 Å². The van der Waals surface area contributed by atoms with Crippen LogP contribution in [0.15, 0.2) is 29.2 Å². The fourth-order valence-corrected chi connectivity index (χ4v) is 3.94. The maximum Gasteiger partial charge on any atom is 0.240 e. The van der Waals surface area contributed by atoms with E-state index in [1.54, 1.807) is 12.1 Å². The van der Waals surface area contributed by atoms with Crippen molar-refractivity contribution in [1.82, 2.24) is 14.9 Å². The molecular formula is C15H25N3O2S. The van der Waals surface area contributed by atoms with Crippen LogP contribution in [0.5, 0.6) is 0 Å². The van der Waals surface area contributed by atoms with Crippen LogP contribution in [-0.4, -0.2) is 46.0 Å². The average molecular weight is 311 g/mol. The third kappa shape index (κ3) is 4.26. The van der Waals surface area contributed by atoms with Crippen molar-refractivity contribution in [3.63, 3.8) is 0 Å². The first-order valence-electron chi connectivity index (χ1n) is 7.46. The van der Waals surface area contributed by atoms with Crippen molar-refractivity contribution in [3.05, 3.63) is 29.8 Å². The Kier molecular flexibility index (Phi) is 5.37. The van der Waals surface area contributed by atoms with Gasteiger partial charge < -0.3 is 10.2 Å². The largest absolute Gasteiger partial charge is 0.310 e. The van der Waals surface area contributed by atoms with Crippen molar-refractivity contribution in [2.75, 3.05) is 26.7 Å². The van der Waals surface area contributed by atoms with Gasteiger partial charge in [-0.2, -0.15) is 0 Å². The molecule has 1 saturated heterocycles. The number of benzene rings is 1. The van der Waals surface area contributed by atoms with Gasteiger partial charge in [-0.1, -0.05) is 19.1 Å². The monoisotopic (exact) mass is 311 g/mol. The van der Waals surface area contributed by atoms with Gasteiger partial charge in [0.25, 0.3) is 0 Å². The summed E-state index contributed by atoms with van der Waals surface area (Å²) in [6.45, 7) is 6.72. The molecule has 6 heteroatoms. The Morgan fingerprint density at radius 3 is 2.52 bits per heavy atom. The number of likely N-dealkylation sites (N-methyl/N-ethyl adjacent to an activating group) is 1. The van der Waals surface area contributed by atoms with Crippen LogP contribution in [0, 0.1) is 0 Å². The fraction of sp³-hybridized carbons (Fsp3) is 0.600. The molecule has 1 aliphatic rings. The van der Waals surface area contributed by atoms with Crippen molar-refractivity contribution >= 4 is 10.0 Å². The molecular weight excluding hydrogens is 286 g/mol. The lowest BCUT2D eigenvalue weighted by Crippen LogP contribution is -2.36. The van der Waals surface area contributed by atoms with Crippen LogP contribution in [0.1, 0.15) is 31.9 Å². The molecule has 2 N–H and O–H groups in total. The minimum atomic E-state index is -3.42. The minimum absolute atomic E-state index is 0.0142. The average Bonchev–Trinajstić information content (AvgIpc) is 2.84. The molecule has 0 radical (unpaired) electrons. The summed E-state index contributed by atoms with van der Waals surface area (Å²) >= 11 is 0. The number of hydrogen-bond acceptors (Lipinski definition) is 4. The molecule has 1 aromatic rings. The summed E-state index contributed by atoms with van der Waals surface area (Å²) in [5.74, 6) is 0. The van der Waals surface area contributed by atoms with Gasteiger partial charge in [-0.3, -0.25) is 0 Å². The van der Waals surface area contributed by atoms with E-state index in [4.69, 9.17) is 0 Å². The highest BCUT2D eigenvalue weighted by atomic mass is 32.2. The molecule has 2 unspecified atom stereocenters. The Morgan fingerprint density at radius 2 is 2.00 bits per heavy atom. The van der Waals surface area contributed by atoms with Gasteiger partial charge in [0.2, 0.25) is 10.0 Å². The summed E-state index contributed by atoms with van der Waals surface area (Å²) < 4.78 is 27.5. The highest BCUT2D eigenvalue weighted by molar-refractivity contribution is 7.89. The van der Waals surface area contributed by atoms with Crippen molar-refractivity contribution < 1.29 is 8.42 Å². The molecule has 5 nitrogen and oxygen atoms in total. The summed E-state index contributed by atoms with van der Waals surface area (Å²) in [5, 5.41) is 3.31. The predicted octanol–water partition coefficient (Wildman–Crippen LogP) is 1.34. The summed E-state index contributed by atoms with van der Waals surface area (Å²) in [5.41, 5.74) is 1.09. The smallest absolute Gasteiger partial charge is 0.240 e. The Bertz CT molecular complexity index is 557. The zero-order chi connectivity index (χ0) is 15.5. The van der Waals surface area contributed by atoms with E-state index >= 15 is 0 Å². The second kappa shape index (κ2) is 6.87. The first-order valence-corrected chi connectivity index (χ1v) is 8.95. The first-order chi connectivity index (χ1) is 9.92. The topological polar surface area (TPSA) is 61.4 Å². The SMILES string of the molecule is CCNC(C)c1ccc(S(=O)(=O)NC2CCN(C)C2)cc1. The van der Waals surface area contributed by atoms with E-state index in [9.17, 15) is 8.42 Å². The Balaban J connectivity index is 2.06. The van der Waals surface area contributed by atoms with Crippen LogP contribution >= 0.6 is 0 Å². The molecule has 2 rings (SSSR count). The van der Waals surface area contributed by atoms with Crippen molar-refractivity contribution in [1.29, 1.82) is 0 Å². The molecule has 1 heterocycles. The molecule has 1 fully saturated rings. The van der Waals surface area contributed by atoms with E-state index in [1.807, 2.05) is 19.2 Å².